The van der Waals surface area contributed by atoms with E-state index in [4.69, 9.17) is 9.84 Å². The van der Waals surface area contributed by atoms with Crippen LogP contribution in [0, 0.1) is 5.92 Å². The van der Waals surface area contributed by atoms with Gasteiger partial charge in [-0.15, -0.1) is 0 Å². The molecule has 0 bridgehead atoms. The second-order valence-electron chi connectivity index (χ2n) is 7.05. The van der Waals surface area contributed by atoms with Crippen molar-refractivity contribution >= 4 is 11.8 Å². The highest BCUT2D eigenvalue weighted by Gasteiger charge is 2.41. The summed E-state index contributed by atoms with van der Waals surface area (Å²) in [6.45, 7) is 2.18. The summed E-state index contributed by atoms with van der Waals surface area (Å²) in [4.78, 5) is 22.7. The van der Waals surface area contributed by atoms with Crippen LogP contribution in [0.15, 0.2) is 23.8 Å². The van der Waals surface area contributed by atoms with E-state index in [0.29, 0.717) is 24.8 Å². The Labute approximate surface area is 149 Å². The minimum Gasteiger partial charge on any atom is -0.481 e. The van der Waals surface area contributed by atoms with Crippen molar-refractivity contribution in [3.8, 4) is 0 Å². The molecule has 0 radical (unpaired) electrons. The lowest BCUT2D eigenvalue weighted by molar-refractivity contribution is -0.137. The molecule has 1 saturated carbocycles. The molecule has 2 aliphatic rings. The number of ether oxygens (including phenoxy) is 1. The first kappa shape index (κ1) is 19.9. The maximum Gasteiger partial charge on any atom is 0.303 e. The molecule has 25 heavy (non-hydrogen) atoms. The van der Waals surface area contributed by atoms with Crippen LogP contribution in [0.1, 0.15) is 64.7 Å². The predicted octanol–water partition coefficient (Wildman–Crippen LogP) is 3.41. The molecule has 1 heterocycles. The van der Waals surface area contributed by atoms with Gasteiger partial charge in [-0.1, -0.05) is 31.9 Å². The standard InChI is InChI=1S/C20H30O5/c1-2-3-4-5-6-7-9-14-15(17(22)13-16(14)21)12-19-18(25-19)10-8-11-20(23)24/h6-7,12,14,16,18-19,21H,2-5,8-11,13H2,1H3,(H,23,24)/b7-6-,15-12+/t14-,16+,18-,19-/m1/s1. The number of Topliss-reactive ketones (excluding diaryl/α,β-unsaturated/α-hetero) is 1. The van der Waals surface area contributed by atoms with Gasteiger partial charge >= 0.3 is 5.97 Å². The van der Waals surface area contributed by atoms with E-state index in [-0.39, 0.29) is 36.8 Å². The van der Waals surface area contributed by atoms with Crippen molar-refractivity contribution in [1.29, 1.82) is 0 Å². The summed E-state index contributed by atoms with van der Waals surface area (Å²) in [6, 6.07) is 0. The number of ketones is 1. The summed E-state index contributed by atoms with van der Waals surface area (Å²) in [5.41, 5.74) is 0.691. The Hall–Kier alpha value is -1.46. The van der Waals surface area contributed by atoms with E-state index in [0.717, 1.165) is 6.42 Å². The Kier molecular flexibility index (Phi) is 7.85. The molecule has 0 aromatic rings. The van der Waals surface area contributed by atoms with E-state index < -0.39 is 12.1 Å². The third-order valence-electron chi connectivity index (χ3n) is 4.96. The van der Waals surface area contributed by atoms with Gasteiger partial charge in [-0.25, -0.2) is 0 Å². The first-order valence-electron chi connectivity index (χ1n) is 9.48. The summed E-state index contributed by atoms with van der Waals surface area (Å²) >= 11 is 0. The van der Waals surface area contributed by atoms with Gasteiger partial charge in [0.2, 0.25) is 0 Å². The Bertz CT molecular complexity index is 522. The van der Waals surface area contributed by atoms with Gasteiger partial charge in [0, 0.05) is 18.8 Å². The fourth-order valence-electron chi connectivity index (χ4n) is 3.40. The number of rotatable bonds is 11. The number of aliphatic hydroxyl groups is 1. The average Bonchev–Trinajstić information content (AvgIpc) is 3.23. The molecule has 140 valence electrons. The van der Waals surface area contributed by atoms with E-state index in [2.05, 4.69) is 19.1 Å². The predicted molar refractivity (Wildman–Crippen MR) is 95.3 cm³/mol. The molecule has 5 nitrogen and oxygen atoms in total. The minimum absolute atomic E-state index is 0.0108. The van der Waals surface area contributed by atoms with Crippen molar-refractivity contribution in [2.45, 2.75) is 83.0 Å². The maximum absolute atomic E-state index is 12.2. The molecule has 1 aliphatic heterocycles. The molecule has 2 rings (SSSR count). The number of hydrogen-bond acceptors (Lipinski definition) is 4. The molecule has 1 aliphatic carbocycles. The molecule has 2 fully saturated rings. The molecule has 0 amide bonds. The van der Waals surface area contributed by atoms with Gasteiger partial charge in [0.05, 0.1) is 12.2 Å². The lowest BCUT2D eigenvalue weighted by atomic mass is 9.95. The van der Waals surface area contributed by atoms with Crippen LogP contribution in [0.4, 0.5) is 0 Å². The van der Waals surface area contributed by atoms with Crippen LogP contribution < -0.4 is 0 Å². The van der Waals surface area contributed by atoms with E-state index in [1.165, 1.54) is 19.3 Å². The number of carboxylic acids is 1. The van der Waals surface area contributed by atoms with Gasteiger partial charge in [-0.2, -0.15) is 0 Å². The van der Waals surface area contributed by atoms with Crippen LogP contribution in [0.25, 0.3) is 0 Å². The zero-order valence-electron chi connectivity index (χ0n) is 15.0. The summed E-state index contributed by atoms with van der Waals surface area (Å²) in [5.74, 6) is -0.925. The number of aliphatic carboxylic acids is 1. The van der Waals surface area contributed by atoms with Gasteiger partial charge in [0.15, 0.2) is 5.78 Å². The summed E-state index contributed by atoms with van der Waals surface area (Å²) in [6.07, 6.45) is 12.3. The number of epoxide rings is 1. The van der Waals surface area contributed by atoms with Crippen molar-refractivity contribution in [1.82, 2.24) is 0 Å². The molecule has 0 unspecified atom stereocenters. The largest absolute Gasteiger partial charge is 0.481 e. The van der Waals surface area contributed by atoms with Crippen LogP contribution in [-0.2, 0) is 14.3 Å². The molecule has 1 saturated heterocycles. The highest BCUT2D eigenvalue weighted by atomic mass is 16.6. The Balaban J connectivity index is 1.82. The van der Waals surface area contributed by atoms with E-state index in [1.807, 2.05) is 6.08 Å². The first-order chi connectivity index (χ1) is 12.0. The Morgan fingerprint density at radius 2 is 2.08 bits per heavy atom. The van der Waals surface area contributed by atoms with Crippen molar-refractivity contribution in [3.63, 3.8) is 0 Å². The van der Waals surface area contributed by atoms with Crippen molar-refractivity contribution in [3.05, 3.63) is 23.8 Å². The van der Waals surface area contributed by atoms with E-state index >= 15 is 0 Å². The van der Waals surface area contributed by atoms with Crippen molar-refractivity contribution < 1.29 is 24.5 Å². The lowest BCUT2D eigenvalue weighted by Crippen LogP contribution is -2.14. The molecular formula is C20H30O5. The summed E-state index contributed by atoms with van der Waals surface area (Å²) in [5, 5.41) is 18.8. The van der Waals surface area contributed by atoms with Crippen LogP contribution in [0.2, 0.25) is 0 Å². The van der Waals surface area contributed by atoms with E-state index in [9.17, 15) is 14.7 Å². The molecule has 4 atom stereocenters. The fourth-order valence-corrected chi connectivity index (χ4v) is 3.40. The minimum atomic E-state index is -0.796. The first-order valence-corrected chi connectivity index (χ1v) is 9.48. The molecule has 5 heteroatoms. The van der Waals surface area contributed by atoms with Gasteiger partial charge < -0.3 is 14.9 Å². The second-order valence-corrected chi connectivity index (χ2v) is 7.05. The second kappa shape index (κ2) is 9.88. The summed E-state index contributed by atoms with van der Waals surface area (Å²) < 4.78 is 5.54. The number of allylic oxidation sites excluding steroid dienone is 2. The summed E-state index contributed by atoms with van der Waals surface area (Å²) in [7, 11) is 0. The number of aliphatic hydroxyl groups excluding tert-OH is 1. The molecular weight excluding hydrogens is 320 g/mol. The number of carboxylic acid groups (broad SMARTS) is 1. The smallest absolute Gasteiger partial charge is 0.303 e. The molecule has 2 N–H and O–H groups in total. The third kappa shape index (κ3) is 6.40. The number of carbonyl (C=O) groups is 2. The monoisotopic (exact) mass is 350 g/mol. The molecule has 0 spiro atoms. The fraction of sp³-hybridized carbons (Fsp3) is 0.700. The van der Waals surface area contributed by atoms with Gasteiger partial charge in [-0.05, 0) is 43.8 Å². The van der Waals surface area contributed by atoms with Crippen molar-refractivity contribution in [2.24, 2.45) is 5.92 Å². The zero-order chi connectivity index (χ0) is 18.2. The van der Waals surface area contributed by atoms with Crippen LogP contribution >= 0.6 is 0 Å². The van der Waals surface area contributed by atoms with Crippen LogP contribution in [0.5, 0.6) is 0 Å². The van der Waals surface area contributed by atoms with Gasteiger partial charge in [0.1, 0.15) is 6.10 Å². The van der Waals surface area contributed by atoms with Gasteiger partial charge in [-0.3, -0.25) is 9.59 Å². The van der Waals surface area contributed by atoms with Gasteiger partial charge in [0.25, 0.3) is 0 Å². The Morgan fingerprint density at radius 3 is 2.80 bits per heavy atom. The lowest BCUT2D eigenvalue weighted by Gasteiger charge is -2.12. The van der Waals surface area contributed by atoms with Crippen molar-refractivity contribution in [2.75, 3.05) is 0 Å². The third-order valence-corrected chi connectivity index (χ3v) is 4.96. The number of unbranched alkanes of at least 4 members (excludes halogenated alkanes) is 3. The number of carbonyl (C=O) groups excluding carboxylic acids is 1. The highest BCUT2D eigenvalue weighted by molar-refractivity contribution is 5.99. The zero-order valence-corrected chi connectivity index (χ0v) is 15.0. The SMILES string of the molecule is CCCCC/C=C\C[C@@H]1/C(=C\[C@H]2O[C@@H]2CCCC(=O)O)C(=O)C[C@@H]1O. The van der Waals surface area contributed by atoms with E-state index in [1.54, 1.807) is 0 Å². The Morgan fingerprint density at radius 1 is 1.28 bits per heavy atom. The molecule has 0 aromatic heterocycles. The van der Waals surface area contributed by atoms with Crippen LogP contribution in [0.3, 0.4) is 0 Å². The number of hydrogen-bond donors (Lipinski definition) is 2. The normalized spacial score (nSPS) is 30.5. The maximum atomic E-state index is 12.2. The quantitative estimate of drug-likeness (QED) is 0.258. The van der Waals surface area contributed by atoms with Crippen LogP contribution in [-0.4, -0.2) is 40.3 Å². The topological polar surface area (TPSA) is 87.1 Å². The molecule has 0 aromatic carbocycles. The average molecular weight is 350 g/mol. The highest BCUT2D eigenvalue weighted by Crippen LogP contribution is 2.36.